The van der Waals surface area contributed by atoms with Gasteiger partial charge in [-0.2, -0.15) is 0 Å². The van der Waals surface area contributed by atoms with Crippen LogP contribution in [0.1, 0.15) is 44.1 Å². The number of hydrogen-bond donors (Lipinski definition) is 1. The molecule has 0 heterocycles. The van der Waals surface area contributed by atoms with Gasteiger partial charge in [0.2, 0.25) is 0 Å². The Morgan fingerprint density at radius 1 is 0.745 bits per heavy atom. The van der Waals surface area contributed by atoms with Crippen LogP contribution in [0.3, 0.4) is 0 Å². The number of anilines is 3. The molecule has 5 aromatic rings. The van der Waals surface area contributed by atoms with Gasteiger partial charge in [0.25, 0.3) is 0 Å². The number of rotatable bonds is 6. The van der Waals surface area contributed by atoms with Crippen molar-refractivity contribution in [3.05, 3.63) is 186 Å². The molecule has 2 nitrogen and oxygen atoms in total. The largest absolute Gasteiger partial charge is 0.355 e. The Bertz CT molecular complexity index is 2190. The van der Waals surface area contributed by atoms with Crippen molar-refractivity contribution in [1.82, 2.24) is 0 Å². The van der Waals surface area contributed by atoms with Crippen LogP contribution < -0.4 is 10.2 Å². The molecule has 0 saturated heterocycles. The lowest BCUT2D eigenvalue weighted by Gasteiger charge is -2.36. The molecule has 5 aliphatic rings. The van der Waals surface area contributed by atoms with Crippen molar-refractivity contribution in [3.8, 4) is 11.1 Å². The molecule has 2 fully saturated rings. The summed E-state index contributed by atoms with van der Waals surface area (Å²) in [5.74, 6) is 2.11. The lowest BCUT2D eigenvalue weighted by atomic mass is 9.96. The molecule has 252 valence electrons. The molecule has 4 unspecified atom stereocenters. The molecule has 0 spiro atoms. The molecule has 0 amide bonds. The quantitative estimate of drug-likeness (QED) is 0.182. The van der Waals surface area contributed by atoms with Crippen LogP contribution >= 0.6 is 0 Å². The third kappa shape index (κ3) is 6.29. The summed E-state index contributed by atoms with van der Waals surface area (Å²) >= 11 is 0. The van der Waals surface area contributed by atoms with Crippen molar-refractivity contribution in [1.29, 1.82) is 0 Å². The zero-order valence-electron chi connectivity index (χ0n) is 29.5. The predicted octanol–water partition coefficient (Wildman–Crippen LogP) is 12.9. The first-order chi connectivity index (χ1) is 25.2. The van der Waals surface area contributed by atoms with Gasteiger partial charge in [-0.25, -0.2) is 0 Å². The fraction of sp³-hybridized carbons (Fsp3) is 0.224. The first kappa shape index (κ1) is 31.6. The number of hydrogen-bond acceptors (Lipinski definition) is 2. The minimum Gasteiger partial charge on any atom is -0.355 e. The van der Waals surface area contributed by atoms with Crippen LogP contribution in [0.4, 0.5) is 17.1 Å². The SMILES string of the molecule is C1=CC(Nc2ccc(-c3ccc(N(c4cccc5ccccc45)C45C=CCCC4C5)cc3)cc2)=C2C(=CC1)CC=CC1CC21.Cc1ccccc1. The molecule has 1 N–H and O–H groups in total. The third-order valence-corrected chi connectivity index (χ3v) is 11.5. The Morgan fingerprint density at radius 3 is 2.29 bits per heavy atom. The predicted molar refractivity (Wildman–Crippen MR) is 216 cm³/mol. The average molecular weight is 663 g/mol. The molecule has 4 atom stereocenters. The van der Waals surface area contributed by atoms with Crippen LogP contribution in [-0.4, -0.2) is 5.54 Å². The highest BCUT2D eigenvalue weighted by molar-refractivity contribution is 5.97. The van der Waals surface area contributed by atoms with Crippen LogP contribution in [0.5, 0.6) is 0 Å². The van der Waals surface area contributed by atoms with Gasteiger partial charge in [0.05, 0.1) is 5.54 Å². The average Bonchev–Trinajstić information content (AvgIpc) is 4.09. The topological polar surface area (TPSA) is 15.3 Å². The van der Waals surface area contributed by atoms with E-state index in [0.29, 0.717) is 5.92 Å². The van der Waals surface area contributed by atoms with Gasteiger partial charge in [-0.05, 0) is 127 Å². The second kappa shape index (κ2) is 13.4. The highest BCUT2D eigenvalue weighted by Gasteiger charge is 2.57. The van der Waals surface area contributed by atoms with E-state index in [4.69, 9.17) is 0 Å². The normalized spacial score (nSPS) is 23.8. The van der Waals surface area contributed by atoms with Gasteiger partial charge >= 0.3 is 0 Å². The zero-order chi connectivity index (χ0) is 34.2. The van der Waals surface area contributed by atoms with E-state index in [1.165, 1.54) is 81.4 Å². The van der Waals surface area contributed by atoms with Gasteiger partial charge in [-0.15, -0.1) is 0 Å². The van der Waals surface area contributed by atoms with Crippen LogP contribution in [0.2, 0.25) is 0 Å². The Labute approximate surface area is 303 Å². The second-order valence-corrected chi connectivity index (χ2v) is 14.9. The van der Waals surface area contributed by atoms with E-state index in [2.05, 4.69) is 163 Å². The maximum atomic E-state index is 3.80. The van der Waals surface area contributed by atoms with Gasteiger partial charge in [-0.3, -0.25) is 0 Å². The third-order valence-electron chi connectivity index (χ3n) is 11.5. The summed E-state index contributed by atoms with van der Waals surface area (Å²) in [6, 6.07) is 44.1. The van der Waals surface area contributed by atoms with Gasteiger partial charge in [0, 0.05) is 28.1 Å². The van der Waals surface area contributed by atoms with Crippen LogP contribution in [0, 0.1) is 24.7 Å². The summed E-state index contributed by atoms with van der Waals surface area (Å²) in [6.07, 6.45) is 23.8. The molecule has 2 heteroatoms. The minimum atomic E-state index is 0.0856. The van der Waals surface area contributed by atoms with E-state index in [1.54, 1.807) is 0 Å². The summed E-state index contributed by atoms with van der Waals surface area (Å²) < 4.78 is 0. The molecule has 0 aromatic heterocycles. The van der Waals surface area contributed by atoms with Gasteiger partial charge < -0.3 is 10.2 Å². The number of fused-ring (bicyclic) bond motifs is 5. The van der Waals surface area contributed by atoms with Crippen molar-refractivity contribution in [3.63, 3.8) is 0 Å². The van der Waals surface area contributed by atoms with E-state index >= 15 is 0 Å². The minimum absolute atomic E-state index is 0.0856. The van der Waals surface area contributed by atoms with Gasteiger partial charge in [0.15, 0.2) is 0 Å². The van der Waals surface area contributed by atoms with E-state index in [-0.39, 0.29) is 5.54 Å². The van der Waals surface area contributed by atoms with Crippen molar-refractivity contribution >= 4 is 27.8 Å². The number of allylic oxidation sites excluding steroid dienone is 8. The molecule has 5 aliphatic carbocycles. The number of benzene rings is 5. The fourth-order valence-corrected chi connectivity index (χ4v) is 8.71. The van der Waals surface area contributed by atoms with Crippen molar-refractivity contribution in [2.75, 3.05) is 10.2 Å². The van der Waals surface area contributed by atoms with Crippen molar-refractivity contribution in [2.24, 2.45) is 17.8 Å². The molecule has 2 saturated carbocycles. The molecule has 51 heavy (non-hydrogen) atoms. The lowest BCUT2D eigenvalue weighted by Crippen LogP contribution is -2.34. The highest BCUT2D eigenvalue weighted by atomic mass is 15.3. The molecule has 0 aliphatic heterocycles. The number of aryl methyl sites for hydroxylation is 1. The molecule has 0 bridgehead atoms. The van der Waals surface area contributed by atoms with Crippen LogP contribution in [0.25, 0.3) is 21.9 Å². The van der Waals surface area contributed by atoms with Crippen molar-refractivity contribution in [2.45, 2.75) is 51.0 Å². The van der Waals surface area contributed by atoms with E-state index < -0.39 is 0 Å². The first-order valence-electron chi connectivity index (χ1n) is 18.9. The van der Waals surface area contributed by atoms with Gasteiger partial charge in [0.1, 0.15) is 0 Å². The first-order valence-corrected chi connectivity index (χ1v) is 18.9. The number of nitrogens with one attached hydrogen (secondary N) is 1. The Kier molecular flexibility index (Phi) is 8.32. The molecule has 5 aromatic carbocycles. The maximum Gasteiger partial charge on any atom is 0.0666 e. The maximum absolute atomic E-state index is 3.80. The smallest absolute Gasteiger partial charge is 0.0666 e. The summed E-state index contributed by atoms with van der Waals surface area (Å²) in [7, 11) is 0. The molecule has 10 rings (SSSR count). The van der Waals surface area contributed by atoms with Crippen LogP contribution in [0.15, 0.2) is 181 Å². The monoisotopic (exact) mass is 662 g/mol. The highest BCUT2D eigenvalue weighted by Crippen LogP contribution is 2.59. The van der Waals surface area contributed by atoms with Gasteiger partial charge in [-0.1, -0.05) is 133 Å². The van der Waals surface area contributed by atoms with E-state index in [9.17, 15) is 0 Å². The van der Waals surface area contributed by atoms with E-state index in [0.717, 1.165) is 30.4 Å². The summed E-state index contributed by atoms with van der Waals surface area (Å²) in [4.78, 5) is 2.64. The van der Waals surface area contributed by atoms with Crippen LogP contribution in [-0.2, 0) is 0 Å². The lowest BCUT2D eigenvalue weighted by molar-refractivity contribution is 0.614. The Hall–Kier alpha value is -5.34. The molecular formula is C49H46N2. The Balaban J connectivity index is 0.000000448. The van der Waals surface area contributed by atoms with Crippen molar-refractivity contribution < 1.29 is 0 Å². The fourth-order valence-electron chi connectivity index (χ4n) is 8.71. The molecule has 0 radical (unpaired) electrons. The zero-order valence-corrected chi connectivity index (χ0v) is 29.5. The van der Waals surface area contributed by atoms with E-state index in [1.807, 2.05) is 18.2 Å². The summed E-state index contributed by atoms with van der Waals surface area (Å²) in [5, 5.41) is 6.41. The second-order valence-electron chi connectivity index (χ2n) is 14.9. The molecular weight excluding hydrogens is 617 g/mol. The standard InChI is InChI=1S/C42H38N2.C7H8/c1-3-15-37-31(9-1)11-8-17-40(37)44(42-26-6-5-14-34(42)28-42)36-24-20-30(21-25-36)29-18-22-35(23-19-29)43-39-16-4-2-10-32-12-7-13-33-27-38(33)41(32)39;1-7-5-3-2-4-6-7/h1,3-4,6-11,13,15-26,33-34,38,43H,2,5,12,14,27-28H2;2-6H,1H3. The Morgan fingerprint density at radius 2 is 1.51 bits per heavy atom. The summed E-state index contributed by atoms with van der Waals surface area (Å²) in [5.41, 5.74) is 12.0. The summed E-state index contributed by atoms with van der Waals surface area (Å²) in [6.45, 7) is 2.08. The number of nitrogens with zero attached hydrogens (tertiary/aromatic N) is 1.